The third-order valence-electron chi connectivity index (χ3n) is 3.35. The molecule has 0 amide bonds. The molecule has 1 aromatic heterocycles. The summed E-state index contributed by atoms with van der Waals surface area (Å²) >= 11 is 0. The van der Waals surface area contributed by atoms with Crippen molar-refractivity contribution in [1.82, 2.24) is 5.32 Å². The van der Waals surface area contributed by atoms with Crippen LogP contribution in [0.25, 0.3) is 0 Å². The van der Waals surface area contributed by atoms with E-state index >= 15 is 0 Å². The van der Waals surface area contributed by atoms with Crippen molar-refractivity contribution in [1.29, 1.82) is 5.26 Å². The average molecular weight is 305 g/mol. The Labute approximate surface area is 136 Å². The summed E-state index contributed by atoms with van der Waals surface area (Å²) in [6, 6.07) is 15.9. The van der Waals surface area contributed by atoms with E-state index in [-0.39, 0.29) is 0 Å². The summed E-state index contributed by atoms with van der Waals surface area (Å²) in [5.74, 6) is 0.547. The molecular weight excluding hydrogens is 286 g/mol. The van der Waals surface area contributed by atoms with Crippen molar-refractivity contribution >= 4 is 5.71 Å². The van der Waals surface area contributed by atoms with E-state index in [1.54, 1.807) is 18.4 Å². The van der Waals surface area contributed by atoms with Crippen molar-refractivity contribution in [3.8, 4) is 6.07 Å². The molecule has 23 heavy (non-hydrogen) atoms. The van der Waals surface area contributed by atoms with Crippen LogP contribution in [-0.2, 0) is 6.42 Å². The summed E-state index contributed by atoms with van der Waals surface area (Å²) in [4.78, 5) is 4.19. The Bertz CT molecular complexity index is 735. The van der Waals surface area contributed by atoms with Gasteiger partial charge in [0.15, 0.2) is 5.76 Å². The van der Waals surface area contributed by atoms with Gasteiger partial charge in [0, 0.05) is 18.4 Å². The Hall–Kier alpha value is -3.06. The highest BCUT2D eigenvalue weighted by Gasteiger charge is 2.15. The van der Waals surface area contributed by atoms with E-state index in [0.29, 0.717) is 17.0 Å². The maximum absolute atomic E-state index is 9.50. The van der Waals surface area contributed by atoms with Gasteiger partial charge < -0.3 is 9.73 Å². The van der Waals surface area contributed by atoms with E-state index in [1.807, 2.05) is 25.1 Å². The molecule has 0 unspecified atom stereocenters. The smallest absolute Gasteiger partial charge is 0.153 e. The minimum Gasteiger partial charge on any atom is -0.463 e. The molecule has 4 nitrogen and oxygen atoms in total. The summed E-state index contributed by atoms with van der Waals surface area (Å²) in [6.07, 6.45) is 3.85. The first-order valence-corrected chi connectivity index (χ1v) is 7.38. The lowest BCUT2D eigenvalue weighted by Gasteiger charge is -2.10. The molecule has 0 fully saturated rings. The zero-order valence-corrected chi connectivity index (χ0v) is 13.1. The van der Waals surface area contributed by atoms with Gasteiger partial charge in [-0.2, -0.15) is 5.26 Å². The van der Waals surface area contributed by atoms with Crippen LogP contribution in [0.3, 0.4) is 0 Å². The normalized spacial score (nSPS) is 12.3. The summed E-state index contributed by atoms with van der Waals surface area (Å²) in [7, 11) is 0. The van der Waals surface area contributed by atoms with Crippen molar-refractivity contribution in [3.05, 3.63) is 84.1 Å². The number of rotatable bonds is 7. The zero-order valence-electron chi connectivity index (χ0n) is 13.1. The third-order valence-corrected chi connectivity index (χ3v) is 3.35. The van der Waals surface area contributed by atoms with Crippen LogP contribution < -0.4 is 5.32 Å². The van der Waals surface area contributed by atoms with Crippen molar-refractivity contribution in [2.24, 2.45) is 4.99 Å². The largest absolute Gasteiger partial charge is 0.463 e. The monoisotopic (exact) mass is 305 g/mol. The van der Waals surface area contributed by atoms with E-state index < -0.39 is 0 Å². The molecule has 2 aromatic rings. The van der Waals surface area contributed by atoms with Crippen LogP contribution in [-0.4, -0.2) is 12.3 Å². The second kappa shape index (κ2) is 8.40. The molecule has 0 saturated carbocycles. The molecule has 0 aliphatic heterocycles. The first-order valence-electron chi connectivity index (χ1n) is 7.38. The minimum atomic E-state index is 0.452. The number of furan rings is 1. The highest BCUT2D eigenvalue weighted by atomic mass is 16.3. The number of nitriles is 1. The van der Waals surface area contributed by atoms with E-state index in [1.165, 1.54) is 11.8 Å². The number of hydrogen-bond donors (Lipinski definition) is 1. The number of aliphatic imine (C=N–C) groups is 1. The molecule has 116 valence electrons. The highest BCUT2D eigenvalue weighted by molar-refractivity contribution is 6.14. The first-order chi connectivity index (χ1) is 11.3. The van der Waals surface area contributed by atoms with Crippen LogP contribution in [0.1, 0.15) is 18.2 Å². The predicted molar refractivity (Wildman–Crippen MR) is 91.9 cm³/mol. The molecule has 0 atom stereocenters. The lowest BCUT2D eigenvalue weighted by Crippen LogP contribution is -2.19. The summed E-state index contributed by atoms with van der Waals surface area (Å²) < 4.78 is 5.36. The molecule has 0 aliphatic rings. The molecule has 0 bridgehead atoms. The molecule has 0 saturated heterocycles. The van der Waals surface area contributed by atoms with Gasteiger partial charge in [0.2, 0.25) is 0 Å². The molecular formula is C19H19N3O. The lowest BCUT2D eigenvalue weighted by molar-refractivity contribution is 0.558. The van der Waals surface area contributed by atoms with Crippen LogP contribution in [0.4, 0.5) is 0 Å². The Morgan fingerprint density at radius 2 is 2.09 bits per heavy atom. The van der Waals surface area contributed by atoms with Gasteiger partial charge in [-0.15, -0.1) is 0 Å². The van der Waals surface area contributed by atoms with Crippen molar-refractivity contribution in [3.63, 3.8) is 0 Å². The zero-order chi connectivity index (χ0) is 16.5. The second-order valence-electron chi connectivity index (χ2n) is 4.91. The summed E-state index contributed by atoms with van der Waals surface area (Å²) in [5.41, 5.74) is 2.95. The standard InChI is InChI=1S/C19H19N3O/c1-3-21-19(18-10-7-13-23-18)17(14-20)15(2)22-12-11-16-8-5-4-6-9-16/h3-10,13,22H,1,11-12H2,2H3/b17-15+,21-19?. The van der Waals surface area contributed by atoms with Crippen LogP contribution in [0, 0.1) is 11.3 Å². The van der Waals surface area contributed by atoms with E-state index in [4.69, 9.17) is 4.42 Å². The van der Waals surface area contributed by atoms with Crippen LogP contribution in [0.5, 0.6) is 0 Å². The fraction of sp³-hybridized carbons (Fsp3) is 0.158. The molecule has 0 spiro atoms. The second-order valence-corrected chi connectivity index (χ2v) is 4.91. The predicted octanol–water partition coefficient (Wildman–Crippen LogP) is 3.84. The quantitative estimate of drug-likeness (QED) is 0.624. The third kappa shape index (κ3) is 4.45. The van der Waals surface area contributed by atoms with E-state index in [2.05, 4.69) is 35.1 Å². The molecule has 4 heteroatoms. The lowest BCUT2D eigenvalue weighted by atomic mass is 10.1. The molecule has 1 heterocycles. The topological polar surface area (TPSA) is 61.3 Å². The van der Waals surface area contributed by atoms with Gasteiger partial charge in [0.1, 0.15) is 17.4 Å². The van der Waals surface area contributed by atoms with Crippen LogP contribution >= 0.6 is 0 Å². The average Bonchev–Trinajstić information content (AvgIpc) is 3.10. The molecule has 1 aromatic carbocycles. The Morgan fingerprint density at radius 3 is 2.70 bits per heavy atom. The van der Waals surface area contributed by atoms with Gasteiger partial charge in [-0.1, -0.05) is 36.9 Å². The van der Waals surface area contributed by atoms with Crippen molar-refractivity contribution in [2.45, 2.75) is 13.3 Å². The number of hydrogen-bond acceptors (Lipinski definition) is 4. The number of benzene rings is 1. The number of nitrogens with zero attached hydrogens (tertiary/aromatic N) is 2. The van der Waals surface area contributed by atoms with Gasteiger partial charge in [-0.25, -0.2) is 0 Å². The fourth-order valence-corrected chi connectivity index (χ4v) is 2.20. The summed E-state index contributed by atoms with van der Waals surface area (Å²) in [5, 5.41) is 12.8. The maximum atomic E-state index is 9.50. The van der Waals surface area contributed by atoms with Crippen LogP contribution in [0.15, 0.2) is 82.2 Å². The van der Waals surface area contributed by atoms with Gasteiger partial charge >= 0.3 is 0 Å². The van der Waals surface area contributed by atoms with Crippen LogP contribution in [0.2, 0.25) is 0 Å². The Morgan fingerprint density at radius 1 is 1.30 bits per heavy atom. The molecule has 1 N–H and O–H groups in total. The molecule has 2 rings (SSSR count). The SMILES string of the molecule is C=CN=C(/C(C#N)=C(\C)NCCc1ccccc1)c1ccco1. The number of nitrogens with one attached hydrogen (secondary N) is 1. The fourth-order valence-electron chi connectivity index (χ4n) is 2.20. The maximum Gasteiger partial charge on any atom is 0.153 e. The molecule has 0 radical (unpaired) electrons. The van der Waals surface area contributed by atoms with Gasteiger partial charge in [0.25, 0.3) is 0 Å². The Kier molecular flexibility index (Phi) is 5.96. The van der Waals surface area contributed by atoms with Gasteiger partial charge in [0.05, 0.1) is 6.26 Å². The minimum absolute atomic E-state index is 0.452. The molecule has 0 aliphatic carbocycles. The van der Waals surface area contributed by atoms with Gasteiger partial charge in [-0.05, 0) is 31.0 Å². The first kappa shape index (κ1) is 16.3. The van der Waals surface area contributed by atoms with Crippen molar-refractivity contribution < 1.29 is 4.42 Å². The highest BCUT2D eigenvalue weighted by Crippen LogP contribution is 2.13. The van der Waals surface area contributed by atoms with Crippen molar-refractivity contribution in [2.75, 3.05) is 6.54 Å². The van der Waals surface area contributed by atoms with Gasteiger partial charge in [-0.3, -0.25) is 4.99 Å². The Balaban J connectivity index is 2.13. The van der Waals surface area contributed by atoms with E-state index in [0.717, 1.165) is 18.7 Å². The van der Waals surface area contributed by atoms with E-state index in [9.17, 15) is 5.26 Å². The number of allylic oxidation sites excluding steroid dienone is 2. The summed E-state index contributed by atoms with van der Waals surface area (Å²) in [6.45, 7) is 6.21.